The second-order valence-electron chi connectivity index (χ2n) is 3.67. The van der Waals surface area contributed by atoms with E-state index < -0.39 is 16.2 Å². The molecule has 0 spiro atoms. The molecule has 0 radical (unpaired) electrons. The Morgan fingerprint density at radius 1 is 1.42 bits per heavy atom. The molecule has 0 aromatic heterocycles. The van der Waals surface area contributed by atoms with E-state index in [1.54, 1.807) is 6.07 Å². The number of nitrogens with zero attached hydrogens (tertiary/aromatic N) is 1. The van der Waals surface area contributed by atoms with E-state index in [-0.39, 0.29) is 28.7 Å². The summed E-state index contributed by atoms with van der Waals surface area (Å²) in [6.07, 6.45) is -0.291. The average molecular weight is 327 g/mol. The van der Waals surface area contributed by atoms with Crippen molar-refractivity contribution >= 4 is 45.1 Å². The Labute approximate surface area is 121 Å². The molecule has 1 aromatic rings. The van der Waals surface area contributed by atoms with Crippen molar-refractivity contribution in [2.75, 3.05) is 18.3 Å². The van der Waals surface area contributed by atoms with E-state index in [1.165, 1.54) is 19.2 Å². The summed E-state index contributed by atoms with van der Waals surface area (Å²) in [6.45, 7) is -0.150. The van der Waals surface area contributed by atoms with Crippen LogP contribution in [-0.2, 0) is 15.0 Å². The molecule has 0 aliphatic carbocycles. The fourth-order valence-corrected chi connectivity index (χ4v) is 2.51. The van der Waals surface area contributed by atoms with Gasteiger partial charge in [-0.25, -0.2) is 0 Å². The molecule has 0 aliphatic heterocycles. The van der Waals surface area contributed by atoms with Crippen LogP contribution in [0.4, 0.5) is 5.69 Å². The lowest BCUT2D eigenvalue weighted by atomic mass is 10.3. The summed E-state index contributed by atoms with van der Waals surface area (Å²) in [5, 5.41) is 8.82. The molecule has 0 atom stereocenters. The van der Waals surface area contributed by atoms with E-state index in [2.05, 4.69) is 4.72 Å². The van der Waals surface area contributed by atoms with Gasteiger partial charge in [-0.3, -0.25) is 9.52 Å². The Balaban J connectivity index is 2.84. The first-order valence-electron chi connectivity index (χ1n) is 5.14. The number of aliphatic carboxylic acids is 1. The first-order chi connectivity index (χ1) is 8.74. The number of anilines is 1. The fourth-order valence-electron chi connectivity index (χ4n) is 1.17. The van der Waals surface area contributed by atoms with Crippen molar-refractivity contribution < 1.29 is 18.3 Å². The first-order valence-corrected chi connectivity index (χ1v) is 7.33. The second-order valence-corrected chi connectivity index (χ2v) is 6.24. The van der Waals surface area contributed by atoms with Gasteiger partial charge in [0.1, 0.15) is 0 Å². The summed E-state index contributed by atoms with van der Waals surface area (Å²) in [7, 11) is -2.60. The van der Waals surface area contributed by atoms with Crippen molar-refractivity contribution in [3.05, 3.63) is 28.2 Å². The molecule has 6 nitrogen and oxygen atoms in total. The first kappa shape index (κ1) is 16.0. The van der Waals surface area contributed by atoms with Gasteiger partial charge in [0.05, 0.1) is 22.2 Å². The van der Waals surface area contributed by atoms with Crippen molar-refractivity contribution in [2.45, 2.75) is 6.42 Å². The summed E-state index contributed by atoms with van der Waals surface area (Å²) < 4.78 is 26.9. The lowest BCUT2D eigenvalue weighted by Crippen LogP contribution is -2.34. The van der Waals surface area contributed by atoms with Crippen LogP contribution in [0.15, 0.2) is 18.2 Å². The van der Waals surface area contributed by atoms with Gasteiger partial charge in [0, 0.05) is 13.6 Å². The number of carboxylic acid groups (broad SMARTS) is 1. The van der Waals surface area contributed by atoms with E-state index in [0.29, 0.717) is 0 Å². The van der Waals surface area contributed by atoms with Crippen LogP contribution in [0.3, 0.4) is 0 Å². The topological polar surface area (TPSA) is 86.7 Å². The highest BCUT2D eigenvalue weighted by Gasteiger charge is 2.19. The van der Waals surface area contributed by atoms with Crippen LogP contribution in [0.1, 0.15) is 6.42 Å². The molecule has 0 saturated heterocycles. The maximum absolute atomic E-state index is 11.9. The zero-order chi connectivity index (χ0) is 14.6. The molecule has 0 bridgehead atoms. The zero-order valence-corrected chi connectivity index (χ0v) is 12.3. The highest BCUT2D eigenvalue weighted by atomic mass is 35.5. The van der Waals surface area contributed by atoms with Crippen LogP contribution in [0.2, 0.25) is 10.0 Å². The Morgan fingerprint density at radius 3 is 2.63 bits per heavy atom. The standard InChI is InChI=1S/C10H12Cl2N2O4S/c1-14(6-5-9(15)16)19(17,18)13-8-4-2-3-7(11)10(8)12/h2-4,13H,5-6H2,1H3,(H,15,16). The van der Waals surface area contributed by atoms with Gasteiger partial charge in [-0.05, 0) is 12.1 Å². The van der Waals surface area contributed by atoms with Gasteiger partial charge in [-0.15, -0.1) is 0 Å². The quantitative estimate of drug-likeness (QED) is 0.837. The highest BCUT2D eigenvalue weighted by molar-refractivity contribution is 7.90. The number of rotatable bonds is 6. The third kappa shape index (κ3) is 4.54. The van der Waals surface area contributed by atoms with Crippen LogP contribution in [0.5, 0.6) is 0 Å². The predicted molar refractivity (Wildman–Crippen MR) is 73.9 cm³/mol. The molecule has 1 aromatic carbocycles. The van der Waals surface area contributed by atoms with Crippen molar-refractivity contribution in [1.82, 2.24) is 4.31 Å². The molecular formula is C10H12Cl2N2O4S. The number of hydrogen-bond donors (Lipinski definition) is 2. The van der Waals surface area contributed by atoms with Gasteiger partial charge in [0.25, 0.3) is 0 Å². The Bertz CT molecular complexity index is 577. The summed E-state index contributed by atoms with van der Waals surface area (Å²) in [6, 6.07) is 4.52. The molecule has 0 aliphatic rings. The minimum atomic E-state index is -3.87. The molecule has 0 unspecified atom stereocenters. The average Bonchev–Trinajstić information content (AvgIpc) is 2.31. The fraction of sp³-hybridized carbons (Fsp3) is 0.300. The molecule has 19 heavy (non-hydrogen) atoms. The molecule has 0 fully saturated rings. The van der Waals surface area contributed by atoms with E-state index in [4.69, 9.17) is 28.3 Å². The Morgan fingerprint density at radius 2 is 2.05 bits per heavy atom. The number of carboxylic acids is 1. The number of benzene rings is 1. The normalized spacial score (nSPS) is 11.6. The number of nitrogens with one attached hydrogen (secondary N) is 1. The van der Waals surface area contributed by atoms with Gasteiger partial charge in [-0.1, -0.05) is 29.3 Å². The Hall–Kier alpha value is -1.02. The number of halogens is 2. The van der Waals surface area contributed by atoms with Gasteiger partial charge >= 0.3 is 16.2 Å². The van der Waals surface area contributed by atoms with Crippen LogP contribution in [-0.4, -0.2) is 37.4 Å². The molecule has 0 saturated carbocycles. The maximum Gasteiger partial charge on any atom is 0.304 e. The number of hydrogen-bond acceptors (Lipinski definition) is 3. The summed E-state index contributed by atoms with van der Waals surface area (Å²) in [4.78, 5) is 10.4. The van der Waals surface area contributed by atoms with E-state index in [9.17, 15) is 13.2 Å². The molecule has 0 amide bonds. The van der Waals surface area contributed by atoms with Crippen LogP contribution in [0, 0.1) is 0 Å². The summed E-state index contributed by atoms with van der Waals surface area (Å²) >= 11 is 11.6. The molecule has 106 valence electrons. The molecule has 2 N–H and O–H groups in total. The van der Waals surface area contributed by atoms with Gasteiger partial charge < -0.3 is 5.11 Å². The van der Waals surface area contributed by atoms with Crippen molar-refractivity contribution in [1.29, 1.82) is 0 Å². The molecule has 1 rings (SSSR count). The lowest BCUT2D eigenvalue weighted by molar-refractivity contribution is -0.137. The van der Waals surface area contributed by atoms with Gasteiger partial charge in [0.2, 0.25) is 0 Å². The van der Waals surface area contributed by atoms with Gasteiger partial charge in [0.15, 0.2) is 0 Å². The SMILES string of the molecule is CN(CCC(=O)O)S(=O)(=O)Nc1cccc(Cl)c1Cl. The van der Waals surface area contributed by atoms with Crippen LogP contribution < -0.4 is 4.72 Å². The van der Waals surface area contributed by atoms with E-state index in [0.717, 1.165) is 4.31 Å². The molecule has 0 heterocycles. The van der Waals surface area contributed by atoms with Crippen molar-refractivity contribution in [2.24, 2.45) is 0 Å². The minimum Gasteiger partial charge on any atom is -0.481 e. The third-order valence-corrected chi connectivity index (χ3v) is 4.54. The maximum atomic E-state index is 11.9. The van der Waals surface area contributed by atoms with Crippen LogP contribution >= 0.6 is 23.2 Å². The molecular weight excluding hydrogens is 315 g/mol. The summed E-state index contributed by atoms with van der Waals surface area (Å²) in [5.74, 6) is -1.08. The minimum absolute atomic E-state index is 0.0828. The monoisotopic (exact) mass is 326 g/mol. The molecule has 9 heteroatoms. The van der Waals surface area contributed by atoms with Crippen LogP contribution in [0.25, 0.3) is 0 Å². The second kappa shape index (κ2) is 6.42. The summed E-state index contributed by atoms with van der Waals surface area (Å²) in [5.41, 5.74) is 0.136. The van der Waals surface area contributed by atoms with Gasteiger partial charge in [-0.2, -0.15) is 12.7 Å². The van der Waals surface area contributed by atoms with E-state index in [1.807, 2.05) is 0 Å². The Kier molecular flexibility index (Phi) is 5.42. The van der Waals surface area contributed by atoms with E-state index >= 15 is 0 Å². The lowest BCUT2D eigenvalue weighted by Gasteiger charge is -2.18. The third-order valence-electron chi connectivity index (χ3n) is 2.24. The highest BCUT2D eigenvalue weighted by Crippen LogP contribution is 2.30. The largest absolute Gasteiger partial charge is 0.481 e. The predicted octanol–water partition coefficient (Wildman–Crippen LogP) is 2.06. The zero-order valence-electron chi connectivity index (χ0n) is 9.93. The number of carbonyl (C=O) groups is 1. The van der Waals surface area contributed by atoms with Crippen molar-refractivity contribution in [3.8, 4) is 0 Å². The van der Waals surface area contributed by atoms with Crippen molar-refractivity contribution in [3.63, 3.8) is 0 Å². The smallest absolute Gasteiger partial charge is 0.304 e.